The van der Waals surface area contributed by atoms with Gasteiger partial charge in [0.05, 0.1) is 0 Å². The first-order chi connectivity index (χ1) is 17.9. The van der Waals surface area contributed by atoms with E-state index in [0.29, 0.717) is 16.6 Å². The Morgan fingerprint density at radius 3 is 0.875 bits per heavy atom. The maximum atomic E-state index is 9.31. The van der Waals surface area contributed by atoms with E-state index in [4.69, 9.17) is 17.4 Å². The van der Waals surface area contributed by atoms with E-state index >= 15 is 0 Å². The molecule has 40 heavy (non-hydrogen) atoms. The molecule has 0 radical (unpaired) electrons. The Hall–Kier alpha value is -2.61. The average Bonchev–Trinajstić information content (AvgIpc) is 2.90. The quantitative estimate of drug-likeness (QED) is 0.186. The molecule has 0 amide bonds. The zero-order valence-corrected chi connectivity index (χ0v) is 26.2. The summed E-state index contributed by atoms with van der Waals surface area (Å²) in [6, 6.07) is 27.4. The molecule has 0 saturated carbocycles. The number of hydrogen-bond acceptors (Lipinski definition) is 6. The first kappa shape index (κ1) is 37.4. The number of pyridine rings is 3. The molecule has 3 aromatic heterocycles. The molecule has 3 aromatic carbocycles. The van der Waals surface area contributed by atoms with Crippen LogP contribution in [0.5, 0.6) is 17.2 Å². The number of halogens is 3. The molecule has 0 aliphatic carbocycles. The second kappa shape index (κ2) is 19.5. The third-order valence-corrected chi connectivity index (χ3v) is 4.83. The van der Waals surface area contributed by atoms with E-state index in [2.05, 4.69) is 15.0 Å². The van der Waals surface area contributed by atoms with E-state index in [0.717, 1.165) is 16.2 Å². The van der Waals surface area contributed by atoms with Gasteiger partial charge in [-0.15, -0.1) is 0 Å². The van der Waals surface area contributed by atoms with Crippen molar-refractivity contribution in [1.29, 1.82) is 0 Å². The van der Waals surface area contributed by atoms with Crippen molar-refractivity contribution in [2.45, 2.75) is 0 Å². The van der Waals surface area contributed by atoms with Crippen LogP contribution in [-0.4, -0.2) is 46.7 Å². The fourth-order valence-corrected chi connectivity index (χ4v) is 3.26. The van der Waals surface area contributed by atoms with Gasteiger partial charge in [0.15, 0.2) is 0 Å². The number of phenolic OH excluding ortho intramolecular Hbond substituents is 3. The Kier molecular flexibility index (Phi) is 18.2. The first-order valence-electron chi connectivity index (χ1n) is 10.8. The predicted molar refractivity (Wildman–Crippen MR) is 159 cm³/mol. The Bertz CT molecular complexity index is 1400. The van der Waals surface area contributed by atoms with Crippen molar-refractivity contribution in [3.8, 4) is 17.2 Å². The van der Waals surface area contributed by atoms with E-state index in [1.54, 1.807) is 55.0 Å². The minimum absolute atomic E-state index is 0. The molecule has 0 spiro atoms. The predicted octanol–water partition coefficient (Wildman–Crippen LogP) is 5.42. The summed E-state index contributed by atoms with van der Waals surface area (Å²) in [6.07, 6.45) is 5.01. The normalized spacial score (nSPS) is 9.07. The number of para-hydroxylation sites is 3. The Morgan fingerprint density at radius 1 is 0.425 bits per heavy atom. The van der Waals surface area contributed by atoms with Gasteiger partial charge in [0, 0.05) is 34.7 Å². The molecule has 0 unspecified atom stereocenters. The Morgan fingerprint density at radius 2 is 0.650 bits per heavy atom. The number of rotatable bonds is 0. The summed E-state index contributed by atoms with van der Waals surface area (Å²) in [6.45, 7) is 0. The zero-order chi connectivity index (χ0) is 26.6. The molecule has 0 saturated heterocycles. The number of aromatic hydroxyl groups is 3. The van der Waals surface area contributed by atoms with Crippen LogP contribution in [0.25, 0.3) is 32.7 Å². The Labute approximate surface area is 251 Å². The standard InChI is InChI=1S/3C9H7NO.3ClH.Nd.3H2O/c3*11-8-5-1-3-7-4-2-6-10-9(7)8;;;;;;;/h3*1-6,11H;3*1H;;3*1H2/q;;;;;;+3;;;/p-3. The molecule has 0 fully saturated rings. The van der Waals surface area contributed by atoms with Crippen LogP contribution in [0.15, 0.2) is 110 Å². The SMILES string of the molecule is O.O.O.Oc1cccc2cccnc12.Oc1cccc2cccnc12.Oc1cccc2cccnc12.[Cl][Nd]([Cl])[Cl]. The van der Waals surface area contributed by atoms with Gasteiger partial charge in [-0.05, 0) is 36.4 Å². The van der Waals surface area contributed by atoms with Crippen molar-refractivity contribution in [2.24, 2.45) is 0 Å². The number of nitrogens with zero attached hydrogens (tertiary/aromatic N) is 3. The molecule has 211 valence electrons. The summed E-state index contributed by atoms with van der Waals surface area (Å²) in [5, 5.41) is 30.8. The molecule has 6 rings (SSSR count). The molecule has 0 aliphatic rings. The fraction of sp³-hybridized carbons (Fsp3) is 0. The zero-order valence-electron chi connectivity index (χ0n) is 20.7. The van der Waals surface area contributed by atoms with Crippen molar-refractivity contribution in [1.82, 2.24) is 15.0 Å². The summed E-state index contributed by atoms with van der Waals surface area (Å²) in [7, 11) is 0. The summed E-state index contributed by atoms with van der Waals surface area (Å²) in [5.41, 5.74) is 1.99. The van der Waals surface area contributed by atoms with Crippen molar-refractivity contribution in [3.05, 3.63) is 110 Å². The van der Waals surface area contributed by atoms with Crippen molar-refractivity contribution in [3.63, 3.8) is 0 Å². The van der Waals surface area contributed by atoms with Gasteiger partial charge in [0.25, 0.3) is 0 Å². The van der Waals surface area contributed by atoms with Crippen LogP contribution in [0, 0.1) is 29.9 Å². The summed E-state index contributed by atoms with van der Waals surface area (Å²) >= 11 is -2.24. The minimum atomic E-state index is -2.24. The van der Waals surface area contributed by atoms with Crippen molar-refractivity contribution in [2.75, 3.05) is 0 Å². The molecule has 3 heterocycles. The van der Waals surface area contributed by atoms with Crippen LogP contribution < -0.4 is 0 Å². The van der Waals surface area contributed by atoms with Gasteiger partial charge in [-0.3, -0.25) is 15.0 Å². The van der Waals surface area contributed by atoms with E-state index in [1.807, 2.05) is 54.6 Å². The molecular weight excluding hydrogens is 713 g/mol. The fourth-order valence-electron chi connectivity index (χ4n) is 3.26. The number of fused-ring (bicyclic) bond motifs is 3. The van der Waals surface area contributed by atoms with Crippen LogP contribution in [0.2, 0.25) is 0 Å². The summed E-state index contributed by atoms with van der Waals surface area (Å²) in [4.78, 5) is 12.1. The van der Waals surface area contributed by atoms with E-state index in [-0.39, 0.29) is 33.7 Å². The van der Waals surface area contributed by atoms with Gasteiger partial charge in [0.1, 0.15) is 33.8 Å². The van der Waals surface area contributed by atoms with Crippen LogP contribution in [0.1, 0.15) is 0 Å². The third-order valence-electron chi connectivity index (χ3n) is 4.83. The molecule has 9 N–H and O–H groups in total. The van der Waals surface area contributed by atoms with Gasteiger partial charge in [-0.25, -0.2) is 0 Å². The molecule has 0 atom stereocenters. The Balaban J connectivity index is 0.000000517. The first-order valence-corrected chi connectivity index (χ1v) is 22.8. The van der Waals surface area contributed by atoms with E-state index in [1.165, 1.54) is 0 Å². The van der Waals surface area contributed by atoms with Crippen LogP contribution >= 0.6 is 17.4 Å². The number of aromatic nitrogens is 3. The second-order valence-electron chi connectivity index (χ2n) is 7.27. The van der Waals surface area contributed by atoms with Gasteiger partial charge in [0.2, 0.25) is 0 Å². The molecule has 0 aliphatic heterocycles. The van der Waals surface area contributed by atoms with Gasteiger partial charge in [-0.2, -0.15) is 0 Å². The monoisotopic (exact) mass is 736 g/mol. The van der Waals surface area contributed by atoms with Crippen LogP contribution in [0.4, 0.5) is 0 Å². The van der Waals surface area contributed by atoms with E-state index < -0.39 is 29.9 Å². The molecule has 0 bridgehead atoms. The molecule has 9 nitrogen and oxygen atoms in total. The van der Waals surface area contributed by atoms with Gasteiger partial charge < -0.3 is 31.7 Å². The summed E-state index contributed by atoms with van der Waals surface area (Å²) < 4.78 is 0. The van der Waals surface area contributed by atoms with Crippen LogP contribution in [-0.2, 0) is 0 Å². The summed E-state index contributed by atoms with van der Waals surface area (Å²) in [5.74, 6) is 15.8. The van der Waals surface area contributed by atoms with E-state index in [9.17, 15) is 15.3 Å². The number of hydrogen-bond donors (Lipinski definition) is 3. The van der Waals surface area contributed by atoms with Crippen molar-refractivity contribution >= 4 is 50.1 Å². The third kappa shape index (κ3) is 11.5. The maximum absolute atomic E-state index is 9.31. The number of benzene rings is 3. The van der Waals surface area contributed by atoms with Crippen molar-refractivity contribution < 1.29 is 61.7 Å². The molecule has 13 heteroatoms. The second-order valence-corrected chi connectivity index (χ2v) is 21.4. The average molecular weight is 740 g/mol. The molecule has 6 aromatic rings. The topological polar surface area (TPSA) is 194 Å². The number of phenols is 3. The molecular formula is C27H27Cl3N3NdO6. The van der Waals surface area contributed by atoms with Gasteiger partial charge >= 0.3 is 47.3 Å². The van der Waals surface area contributed by atoms with Gasteiger partial charge in [-0.1, -0.05) is 54.6 Å². The van der Waals surface area contributed by atoms with Crippen LogP contribution in [0.3, 0.4) is 0 Å².